The fourth-order valence-corrected chi connectivity index (χ4v) is 3.30. The maximum atomic E-state index is 12.7. The van der Waals surface area contributed by atoms with Gasteiger partial charge in [-0.15, -0.1) is 0 Å². The third kappa shape index (κ3) is 3.00. The van der Waals surface area contributed by atoms with Gasteiger partial charge in [0.2, 0.25) is 0 Å². The number of aryl methyl sites for hydroxylation is 1. The van der Waals surface area contributed by atoms with Gasteiger partial charge in [-0.1, -0.05) is 11.6 Å². The second-order valence-electron chi connectivity index (χ2n) is 6.29. The van der Waals surface area contributed by atoms with Crippen LogP contribution < -0.4 is 0 Å². The number of likely N-dealkylation sites (tertiary alicyclic amines) is 1. The number of hydrogen-bond donors (Lipinski definition) is 0. The van der Waals surface area contributed by atoms with Crippen LogP contribution in [0.4, 0.5) is 0 Å². The van der Waals surface area contributed by atoms with Crippen LogP contribution in [0.5, 0.6) is 0 Å². The van der Waals surface area contributed by atoms with Gasteiger partial charge in [0.25, 0.3) is 5.91 Å². The Morgan fingerprint density at radius 2 is 1.91 bits per heavy atom. The van der Waals surface area contributed by atoms with Gasteiger partial charge in [0, 0.05) is 18.2 Å². The van der Waals surface area contributed by atoms with Crippen LogP contribution in [0.3, 0.4) is 0 Å². The summed E-state index contributed by atoms with van der Waals surface area (Å²) in [5.74, 6) is 0.121. The van der Waals surface area contributed by atoms with Crippen LogP contribution >= 0.6 is 11.6 Å². The molecule has 1 atom stereocenters. The molecular formula is C18H22ClN3O. The Labute approximate surface area is 142 Å². The Kier molecular flexibility index (Phi) is 4.44. The molecule has 0 bridgehead atoms. The molecule has 122 valence electrons. The number of nitrogens with zero attached hydrogens (tertiary/aromatic N) is 3. The quantitative estimate of drug-likeness (QED) is 0.828. The van der Waals surface area contributed by atoms with Gasteiger partial charge in [-0.3, -0.25) is 4.79 Å². The molecule has 1 fully saturated rings. The Bertz CT molecular complexity index is 721. The summed E-state index contributed by atoms with van der Waals surface area (Å²) in [7, 11) is 0. The molecule has 0 spiro atoms. The first-order valence-corrected chi connectivity index (χ1v) is 8.50. The number of hydrogen-bond acceptors (Lipinski definition) is 2. The van der Waals surface area contributed by atoms with E-state index < -0.39 is 0 Å². The average molecular weight is 332 g/mol. The molecule has 1 aromatic carbocycles. The second kappa shape index (κ2) is 6.36. The average Bonchev–Trinajstić information content (AvgIpc) is 2.82. The molecule has 1 unspecified atom stereocenters. The fraction of sp³-hybridized carbons (Fsp3) is 0.444. The lowest BCUT2D eigenvalue weighted by molar-refractivity contribution is 0.0635. The molecule has 1 aromatic heterocycles. The van der Waals surface area contributed by atoms with Crippen LogP contribution in [0, 0.1) is 13.8 Å². The second-order valence-corrected chi connectivity index (χ2v) is 6.66. The van der Waals surface area contributed by atoms with E-state index in [9.17, 15) is 4.79 Å². The summed E-state index contributed by atoms with van der Waals surface area (Å²) in [6.07, 6.45) is 3.40. The van der Waals surface area contributed by atoms with Gasteiger partial charge >= 0.3 is 0 Å². The van der Waals surface area contributed by atoms with Crippen LogP contribution in [0.25, 0.3) is 5.69 Å². The van der Waals surface area contributed by atoms with Crippen LogP contribution in [0.2, 0.25) is 5.02 Å². The first kappa shape index (κ1) is 16.1. The van der Waals surface area contributed by atoms with E-state index in [4.69, 9.17) is 11.6 Å². The number of carbonyl (C=O) groups is 1. The molecule has 1 amide bonds. The number of carbonyl (C=O) groups excluding carboxylic acids is 1. The van der Waals surface area contributed by atoms with Gasteiger partial charge < -0.3 is 4.90 Å². The summed E-state index contributed by atoms with van der Waals surface area (Å²) < 4.78 is 1.81. The van der Waals surface area contributed by atoms with Crippen molar-refractivity contribution in [1.82, 2.24) is 14.7 Å². The molecule has 1 saturated heterocycles. The number of rotatable bonds is 2. The van der Waals surface area contributed by atoms with E-state index in [2.05, 4.69) is 12.0 Å². The van der Waals surface area contributed by atoms with Crippen molar-refractivity contribution < 1.29 is 4.79 Å². The highest BCUT2D eigenvalue weighted by molar-refractivity contribution is 6.31. The largest absolute Gasteiger partial charge is 0.336 e. The van der Waals surface area contributed by atoms with E-state index in [-0.39, 0.29) is 5.91 Å². The molecule has 2 heterocycles. The van der Waals surface area contributed by atoms with Crippen molar-refractivity contribution in [2.45, 2.75) is 46.1 Å². The maximum Gasteiger partial charge on any atom is 0.254 e. The van der Waals surface area contributed by atoms with Crippen molar-refractivity contribution in [2.24, 2.45) is 0 Å². The minimum Gasteiger partial charge on any atom is -0.336 e. The van der Waals surface area contributed by atoms with Gasteiger partial charge in [0.15, 0.2) is 0 Å². The molecule has 0 saturated carbocycles. The SMILES string of the molecule is Cc1nn(-c2ccc(C(=O)N3CCCCC3C)cc2)c(C)c1Cl. The predicted octanol–water partition coefficient (Wildman–Crippen LogP) is 4.16. The third-order valence-electron chi connectivity index (χ3n) is 4.63. The zero-order chi connectivity index (χ0) is 16.6. The topological polar surface area (TPSA) is 38.1 Å². The van der Waals surface area contributed by atoms with E-state index in [1.807, 2.05) is 47.7 Å². The van der Waals surface area contributed by atoms with E-state index in [0.29, 0.717) is 11.1 Å². The molecule has 1 aliphatic rings. The predicted molar refractivity (Wildman–Crippen MR) is 92.4 cm³/mol. The molecule has 23 heavy (non-hydrogen) atoms. The van der Waals surface area contributed by atoms with Crippen LogP contribution in [-0.2, 0) is 0 Å². The number of amides is 1. The molecule has 1 aliphatic heterocycles. The summed E-state index contributed by atoms with van der Waals surface area (Å²) in [5.41, 5.74) is 3.37. The normalized spacial score (nSPS) is 18.3. The molecule has 0 radical (unpaired) electrons. The fourth-order valence-electron chi connectivity index (χ4n) is 3.19. The Morgan fingerprint density at radius 3 is 2.48 bits per heavy atom. The number of halogens is 1. The van der Waals surface area contributed by atoms with Crippen molar-refractivity contribution in [3.63, 3.8) is 0 Å². The highest BCUT2D eigenvalue weighted by Crippen LogP contribution is 2.23. The van der Waals surface area contributed by atoms with Crippen LogP contribution in [0.1, 0.15) is 47.9 Å². The summed E-state index contributed by atoms with van der Waals surface area (Å²) in [4.78, 5) is 14.7. The summed E-state index contributed by atoms with van der Waals surface area (Å²) in [6, 6.07) is 7.94. The first-order chi connectivity index (χ1) is 11.0. The van der Waals surface area contributed by atoms with Crippen LogP contribution in [-0.4, -0.2) is 33.2 Å². The lowest BCUT2D eigenvalue weighted by atomic mass is 10.0. The summed E-state index contributed by atoms with van der Waals surface area (Å²) in [6.45, 7) is 6.82. The lowest BCUT2D eigenvalue weighted by Gasteiger charge is -2.33. The Balaban J connectivity index is 1.84. The highest BCUT2D eigenvalue weighted by Gasteiger charge is 2.24. The first-order valence-electron chi connectivity index (χ1n) is 8.12. The van der Waals surface area contributed by atoms with Crippen molar-refractivity contribution in [1.29, 1.82) is 0 Å². The number of piperidine rings is 1. The smallest absolute Gasteiger partial charge is 0.254 e. The van der Waals surface area contributed by atoms with Crippen molar-refractivity contribution in [2.75, 3.05) is 6.54 Å². The molecule has 0 N–H and O–H groups in total. The minimum atomic E-state index is 0.121. The van der Waals surface area contributed by atoms with Gasteiger partial charge in [-0.25, -0.2) is 4.68 Å². The van der Waals surface area contributed by atoms with Crippen molar-refractivity contribution in [3.05, 3.63) is 46.2 Å². The van der Waals surface area contributed by atoms with Crippen LogP contribution in [0.15, 0.2) is 24.3 Å². The third-order valence-corrected chi connectivity index (χ3v) is 5.17. The van der Waals surface area contributed by atoms with Crippen molar-refractivity contribution in [3.8, 4) is 5.69 Å². The zero-order valence-corrected chi connectivity index (χ0v) is 14.6. The Hall–Kier alpha value is -1.81. The van der Waals surface area contributed by atoms with Gasteiger partial charge in [0.05, 0.1) is 22.1 Å². The van der Waals surface area contributed by atoms with E-state index in [0.717, 1.165) is 42.0 Å². The summed E-state index contributed by atoms with van der Waals surface area (Å²) in [5, 5.41) is 5.13. The van der Waals surface area contributed by atoms with E-state index in [1.54, 1.807) is 0 Å². The maximum absolute atomic E-state index is 12.7. The van der Waals surface area contributed by atoms with Crippen molar-refractivity contribution >= 4 is 17.5 Å². The lowest BCUT2D eigenvalue weighted by Crippen LogP contribution is -2.42. The molecule has 3 rings (SSSR count). The molecule has 2 aromatic rings. The van der Waals surface area contributed by atoms with Gasteiger partial charge in [-0.05, 0) is 64.3 Å². The van der Waals surface area contributed by atoms with E-state index >= 15 is 0 Å². The molecular weight excluding hydrogens is 310 g/mol. The standard InChI is InChI=1S/C18H22ClN3O/c1-12-6-4-5-11-21(12)18(23)15-7-9-16(10-8-15)22-14(3)17(19)13(2)20-22/h7-10,12H,4-6,11H2,1-3H3. The minimum absolute atomic E-state index is 0.121. The monoisotopic (exact) mass is 331 g/mol. The molecule has 5 heteroatoms. The van der Waals surface area contributed by atoms with Gasteiger partial charge in [-0.2, -0.15) is 5.10 Å². The number of aromatic nitrogens is 2. The summed E-state index contributed by atoms with van der Waals surface area (Å²) >= 11 is 6.20. The van der Waals surface area contributed by atoms with Gasteiger partial charge in [0.1, 0.15) is 0 Å². The Morgan fingerprint density at radius 1 is 1.22 bits per heavy atom. The molecule has 0 aliphatic carbocycles. The molecule has 4 nitrogen and oxygen atoms in total. The van der Waals surface area contributed by atoms with E-state index in [1.165, 1.54) is 6.42 Å². The highest BCUT2D eigenvalue weighted by atomic mass is 35.5. The zero-order valence-electron chi connectivity index (χ0n) is 13.8. The number of benzene rings is 1.